The van der Waals surface area contributed by atoms with Crippen LogP contribution in [0.2, 0.25) is 0 Å². The van der Waals surface area contributed by atoms with E-state index in [-0.39, 0.29) is 17.4 Å². The molecular formula is C16H17N3O4S3. The monoisotopic (exact) mass is 411 g/mol. The molecule has 0 radical (unpaired) electrons. The van der Waals surface area contributed by atoms with Gasteiger partial charge in [-0.1, -0.05) is 11.8 Å². The molecule has 2 aromatic heterocycles. The number of nitrogens with zero attached hydrogens (tertiary/aromatic N) is 1. The summed E-state index contributed by atoms with van der Waals surface area (Å²) in [6, 6.07) is 8.76. The molecule has 2 heterocycles. The van der Waals surface area contributed by atoms with Crippen molar-refractivity contribution in [3.63, 3.8) is 0 Å². The molecule has 0 saturated carbocycles. The van der Waals surface area contributed by atoms with Gasteiger partial charge in [0.05, 0.1) is 40.2 Å². The molecule has 10 heteroatoms. The highest BCUT2D eigenvalue weighted by Gasteiger charge is 2.11. The normalized spacial score (nSPS) is 11.6. The van der Waals surface area contributed by atoms with Crippen molar-refractivity contribution in [2.24, 2.45) is 0 Å². The van der Waals surface area contributed by atoms with Gasteiger partial charge >= 0.3 is 0 Å². The number of nitrogens with one attached hydrogen (secondary N) is 2. The van der Waals surface area contributed by atoms with Crippen molar-refractivity contribution in [2.75, 3.05) is 16.2 Å². The molecule has 3 rings (SSSR count). The molecule has 1 aromatic carbocycles. The topological polar surface area (TPSA) is 101 Å². The maximum Gasteiger partial charge on any atom is 0.232 e. The summed E-state index contributed by atoms with van der Waals surface area (Å²) in [5, 5.41) is 2.78. The Labute approximate surface area is 159 Å². The van der Waals surface area contributed by atoms with Crippen LogP contribution in [0.15, 0.2) is 45.4 Å². The number of benzene rings is 1. The second-order valence-electron chi connectivity index (χ2n) is 5.31. The van der Waals surface area contributed by atoms with E-state index in [0.29, 0.717) is 18.0 Å². The van der Waals surface area contributed by atoms with Crippen molar-refractivity contribution in [1.82, 2.24) is 10.3 Å². The molecule has 0 saturated heterocycles. The smallest absolute Gasteiger partial charge is 0.232 e. The van der Waals surface area contributed by atoms with Crippen LogP contribution in [-0.4, -0.2) is 30.8 Å². The van der Waals surface area contributed by atoms with E-state index in [2.05, 4.69) is 15.0 Å². The molecule has 138 valence electrons. The van der Waals surface area contributed by atoms with E-state index in [4.69, 9.17) is 4.42 Å². The molecule has 0 atom stereocenters. The fourth-order valence-corrected chi connectivity index (χ4v) is 4.63. The van der Waals surface area contributed by atoms with Crippen LogP contribution < -0.4 is 10.0 Å². The number of hydrogen-bond acceptors (Lipinski definition) is 7. The van der Waals surface area contributed by atoms with Gasteiger partial charge < -0.3 is 9.73 Å². The molecule has 26 heavy (non-hydrogen) atoms. The van der Waals surface area contributed by atoms with Crippen molar-refractivity contribution >= 4 is 54.9 Å². The van der Waals surface area contributed by atoms with Crippen LogP contribution >= 0.6 is 23.1 Å². The van der Waals surface area contributed by atoms with Gasteiger partial charge in [-0.25, -0.2) is 13.4 Å². The van der Waals surface area contributed by atoms with E-state index < -0.39 is 10.0 Å². The van der Waals surface area contributed by atoms with Gasteiger partial charge in [0.25, 0.3) is 0 Å². The van der Waals surface area contributed by atoms with E-state index in [9.17, 15) is 13.2 Å². The van der Waals surface area contributed by atoms with Gasteiger partial charge in [-0.15, -0.1) is 11.3 Å². The molecular weight excluding hydrogens is 394 g/mol. The average molecular weight is 412 g/mol. The summed E-state index contributed by atoms with van der Waals surface area (Å²) in [5.41, 5.74) is 1.28. The number of hydrogen-bond donors (Lipinski definition) is 2. The molecule has 1 amide bonds. The summed E-state index contributed by atoms with van der Waals surface area (Å²) in [5.74, 6) is 0.852. The quantitative estimate of drug-likeness (QED) is 0.553. The first kappa shape index (κ1) is 18.7. The van der Waals surface area contributed by atoms with Crippen LogP contribution in [0.1, 0.15) is 12.7 Å². The van der Waals surface area contributed by atoms with Crippen molar-refractivity contribution in [2.45, 2.75) is 17.8 Å². The standard InChI is InChI=1S/C16H17N3O4S3/c1-2-26(21,22)19-11-5-6-13-14(8-11)25-16(18-13)24-10-15(20)17-9-12-4-3-7-23-12/h3-8,19H,2,9-10H2,1H3,(H,17,20). The zero-order valence-corrected chi connectivity index (χ0v) is 16.3. The third-order valence-corrected chi connectivity index (χ3v) is 6.86. The lowest BCUT2D eigenvalue weighted by atomic mass is 10.3. The van der Waals surface area contributed by atoms with Crippen LogP contribution in [-0.2, 0) is 21.4 Å². The molecule has 0 aliphatic rings. The number of anilines is 1. The SMILES string of the molecule is CCS(=O)(=O)Nc1ccc2nc(SCC(=O)NCc3ccco3)sc2c1. The number of fused-ring (bicyclic) bond motifs is 1. The third kappa shape index (κ3) is 4.99. The molecule has 0 aliphatic carbocycles. The molecule has 0 fully saturated rings. The summed E-state index contributed by atoms with van der Waals surface area (Å²) in [4.78, 5) is 16.4. The predicted molar refractivity (Wildman–Crippen MR) is 104 cm³/mol. The van der Waals surface area contributed by atoms with Crippen molar-refractivity contribution in [1.29, 1.82) is 0 Å². The maximum absolute atomic E-state index is 11.9. The Bertz CT molecular complexity index is 997. The Morgan fingerprint density at radius 3 is 2.92 bits per heavy atom. The van der Waals surface area contributed by atoms with Crippen LogP contribution in [0, 0.1) is 0 Å². The van der Waals surface area contributed by atoms with E-state index in [1.54, 1.807) is 43.5 Å². The number of amides is 1. The second-order valence-corrected chi connectivity index (χ2v) is 9.58. The van der Waals surface area contributed by atoms with Crippen LogP contribution in [0.4, 0.5) is 5.69 Å². The number of thiazole rings is 1. The summed E-state index contributed by atoms with van der Waals surface area (Å²) in [6.45, 7) is 1.94. The van der Waals surface area contributed by atoms with Gasteiger partial charge in [-0.05, 0) is 37.3 Å². The van der Waals surface area contributed by atoms with Crippen LogP contribution in [0.5, 0.6) is 0 Å². The molecule has 0 spiro atoms. The molecule has 7 nitrogen and oxygen atoms in total. The second kappa shape index (κ2) is 8.11. The zero-order valence-electron chi connectivity index (χ0n) is 13.9. The van der Waals surface area contributed by atoms with Gasteiger partial charge in [0, 0.05) is 0 Å². The number of sulfonamides is 1. The largest absolute Gasteiger partial charge is 0.467 e. The van der Waals surface area contributed by atoms with E-state index in [1.165, 1.54) is 23.1 Å². The Balaban J connectivity index is 1.59. The number of aromatic nitrogens is 1. The van der Waals surface area contributed by atoms with E-state index >= 15 is 0 Å². The first-order valence-electron chi connectivity index (χ1n) is 7.78. The first-order chi connectivity index (χ1) is 12.4. The molecule has 3 aromatic rings. The van der Waals surface area contributed by atoms with Gasteiger partial charge in [-0.3, -0.25) is 9.52 Å². The Morgan fingerprint density at radius 1 is 1.35 bits per heavy atom. The highest BCUT2D eigenvalue weighted by molar-refractivity contribution is 8.01. The maximum atomic E-state index is 11.9. The van der Waals surface area contributed by atoms with E-state index in [1.807, 2.05) is 0 Å². The Morgan fingerprint density at radius 2 is 2.19 bits per heavy atom. The minimum Gasteiger partial charge on any atom is -0.467 e. The van der Waals surface area contributed by atoms with Gasteiger partial charge in [0.15, 0.2) is 4.34 Å². The number of rotatable bonds is 8. The van der Waals surface area contributed by atoms with Crippen molar-refractivity contribution < 1.29 is 17.6 Å². The molecule has 0 aliphatic heterocycles. The predicted octanol–water partition coefficient (Wildman–Crippen LogP) is 3.06. The lowest BCUT2D eigenvalue weighted by Crippen LogP contribution is -2.24. The summed E-state index contributed by atoms with van der Waals surface area (Å²) in [6.07, 6.45) is 1.56. The summed E-state index contributed by atoms with van der Waals surface area (Å²) < 4.78 is 32.6. The minimum absolute atomic E-state index is 0.0158. The highest BCUT2D eigenvalue weighted by Crippen LogP contribution is 2.31. The summed E-state index contributed by atoms with van der Waals surface area (Å²) in [7, 11) is -3.31. The highest BCUT2D eigenvalue weighted by atomic mass is 32.2. The van der Waals surface area contributed by atoms with Gasteiger partial charge in [0.2, 0.25) is 15.9 Å². The number of carbonyl (C=O) groups is 1. The van der Waals surface area contributed by atoms with Crippen molar-refractivity contribution in [3.8, 4) is 0 Å². The van der Waals surface area contributed by atoms with Crippen LogP contribution in [0.3, 0.4) is 0 Å². The van der Waals surface area contributed by atoms with Crippen LogP contribution in [0.25, 0.3) is 10.2 Å². The molecule has 0 unspecified atom stereocenters. The van der Waals surface area contributed by atoms with Gasteiger partial charge in [0.1, 0.15) is 5.76 Å². The number of furan rings is 1. The lowest BCUT2D eigenvalue weighted by Gasteiger charge is -2.04. The minimum atomic E-state index is -3.31. The van der Waals surface area contributed by atoms with E-state index in [0.717, 1.165) is 14.6 Å². The van der Waals surface area contributed by atoms with Gasteiger partial charge in [-0.2, -0.15) is 0 Å². The Kier molecular flexibility index (Phi) is 5.84. The lowest BCUT2D eigenvalue weighted by molar-refractivity contribution is -0.118. The van der Waals surface area contributed by atoms with Crippen molar-refractivity contribution in [3.05, 3.63) is 42.4 Å². The first-order valence-corrected chi connectivity index (χ1v) is 11.2. The fraction of sp³-hybridized carbons (Fsp3) is 0.250. The number of thioether (sulfide) groups is 1. The molecule has 2 N–H and O–H groups in total. The average Bonchev–Trinajstić information content (AvgIpc) is 3.26. The molecule has 0 bridgehead atoms. The Hall–Kier alpha value is -2.04. The fourth-order valence-electron chi connectivity index (χ4n) is 2.06. The zero-order chi connectivity index (χ0) is 18.6. The number of carbonyl (C=O) groups excluding carboxylic acids is 1. The third-order valence-electron chi connectivity index (χ3n) is 3.39. The summed E-state index contributed by atoms with van der Waals surface area (Å²) >= 11 is 2.76.